The minimum atomic E-state index is 0.632. The van der Waals surface area contributed by atoms with Crippen LogP contribution in [0.4, 0.5) is 0 Å². The summed E-state index contributed by atoms with van der Waals surface area (Å²) in [7, 11) is 0. The first-order valence-electron chi connectivity index (χ1n) is 6.89. The fourth-order valence-corrected chi connectivity index (χ4v) is 2.81. The van der Waals surface area contributed by atoms with Crippen LogP contribution in [0.5, 0.6) is 0 Å². The summed E-state index contributed by atoms with van der Waals surface area (Å²) in [6, 6.07) is 9.53. The van der Waals surface area contributed by atoms with Gasteiger partial charge in [0.15, 0.2) is 17.1 Å². The Morgan fingerprint density at radius 1 is 1.00 bits per heavy atom. The molecule has 3 heterocycles. The highest BCUT2D eigenvalue weighted by Gasteiger charge is 2.17. The van der Waals surface area contributed by atoms with E-state index in [1.165, 1.54) is 0 Å². The average Bonchev–Trinajstić information content (AvgIpc) is 2.95. The number of nitrogens with zero attached hydrogens (tertiary/aromatic N) is 5. The summed E-state index contributed by atoms with van der Waals surface area (Å²) < 4.78 is 1.92. The lowest BCUT2D eigenvalue weighted by Gasteiger charge is -2.08. The van der Waals surface area contributed by atoms with Crippen LogP contribution >= 0.6 is 11.6 Å². The summed E-state index contributed by atoms with van der Waals surface area (Å²) >= 11 is 6.32. The van der Waals surface area contributed by atoms with E-state index in [9.17, 15) is 0 Å². The fraction of sp³-hybridized carbons (Fsp3) is 0.125. The summed E-state index contributed by atoms with van der Waals surface area (Å²) in [5.74, 6) is 0.675. The molecule has 0 aliphatic heterocycles. The van der Waals surface area contributed by atoms with Crippen molar-refractivity contribution in [3.63, 3.8) is 0 Å². The molecule has 0 atom stereocenters. The molecule has 1 aromatic carbocycles. The second-order valence-corrected chi connectivity index (χ2v) is 5.57. The number of aryl methyl sites for hydroxylation is 2. The molecule has 0 bridgehead atoms. The molecule has 0 aliphatic carbocycles. The third-order valence-electron chi connectivity index (χ3n) is 3.70. The van der Waals surface area contributed by atoms with Gasteiger partial charge in [0, 0.05) is 11.8 Å². The Labute approximate surface area is 131 Å². The van der Waals surface area contributed by atoms with Gasteiger partial charge in [-0.25, -0.2) is 9.97 Å². The summed E-state index contributed by atoms with van der Waals surface area (Å²) in [6.45, 7) is 3.94. The highest BCUT2D eigenvalue weighted by atomic mass is 35.5. The molecule has 0 N–H and O–H groups in total. The molecule has 6 heteroatoms. The Balaban J connectivity index is 2.21. The van der Waals surface area contributed by atoms with Crippen LogP contribution in [0.15, 0.2) is 36.5 Å². The first-order valence-corrected chi connectivity index (χ1v) is 7.26. The van der Waals surface area contributed by atoms with Gasteiger partial charge in [-0.3, -0.25) is 4.40 Å². The van der Waals surface area contributed by atoms with E-state index >= 15 is 0 Å². The van der Waals surface area contributed by atoms with Gasteiger partial charge in [0.05, 0.1) is 10.7 Å². The van der Waals surface area contributed by atoms with Crippen molar-refractivity contribution in [3.05, 3.63) is 52.8 Å². The molecular weight excluding hydrogens is 298 g/mol. The third kappa shape index (κ3) is 1.79. The van der Waals surface area contributed by atoms with Gasteiger partial charge >= 0.3 is 0 Å². The fourth-order valence-electron chi connectivity index (χ4n) is 2.59. The van der Waals surface area contributed by atoms with Crippen LogP contribution in [0.25, 0.3) is 28.2 Å². The number of rotatable bonds is 1. The molecule has 0 aliphatic rings. The Morgan fingerprint density at radius 2 is 1.82 bits per heavy atom. The lowest BCUT2D eigenvalue weighted by molar-refractivity contribution is 1.10. The average molecular weight is 310 g/mol. The number of halogens is 1. The maximum Gasteiger partial charge on any atom is 0.184 e. The summed E-state index contributed by atoms with van der Waals surface area (Å²) in [5, 5.41) is 9.21. The van der Waals surface area contributed by atoms with E-state index in [4.69, 9.17) is 11.6 Å². The Morgan fingerprint density at radius 3 is 2.64 bits per heavy atom. The highest BCUT2D eigenvalue weighted by Crippen LogP contribution is 2.29. The van der Waals surface area contributed by atoms with Crippen LogP contribution in [0.1, 0.15) is 11.3 Å². The molecule has 0 amide bonds. The topological polar surface area (TPSA) is 56.0 Å². The highest BCUT2D eigenvalue weighted by molar-refractivity contribution is 6.33. The van der Waals surface area contributed by atoms with Crippen LogP contribution in [0.3, 0.4) is 0 Å². The Kier molecular flexibility index (Phi) is 2.84. The largest absolute Gasteiger partial charge is 0.255 e. The van der Waals surface area contributed by atoms with Gasteiger partial charge in [-0.05, 0) is 37.6 Å². The van der Waals surface area contributed by atoms with Crippen LogP contribution < -0.4 is 0 Å². The van der Waals surface area contributed by atoms with Crippen molar-refractivity contribution in [1.29, 1.82) is 0 Å². The molecule has 4 aromatic rings. The number of aromatic nitrogens is 5. The molecule has 0 saturated carbocycles. The zero-order valence-electron chi connectivity index (χ0n) is 12.1. The molecule has 0 saturated heterocycles. The summed E-state index contributed by atoms with van der Waals surface area (Å²) in [5.41, 5.74) is 4.98. The zero-order chi connectivity index (χ0) is 15.3. The van der Waals surface area contributed by atoms with Crippen molar-refractivity contribution < 1.29 is 0 Å². The standard InChI is InChI=1S/C16H12ClN5/c1-9-7-8-18-16-13(9)19-10(2)14-20-21-15(22(14)16)11-5-3-4-6-12(11)17/h3-8H,1-2H3. The van der Waals surface area contributed by atoms with Crippen molar-refractivity contribution in [1.82, 2.24) is 24.6 Å². The van der Waals surface area contributed by atoms with Gasteiger partial charge in [0.1, 0.15) is 5.52 Å². The van der Waals surface area contributed by atoms with Crippen molar-refractivity contribution in [2.75, 3.05) is 0 Å². The molecule has 0 unspecified atom stereocenters. The lowest BCUT2D eigenvalue weighted by Crippen LogP contribution is -2.00. The summed E-state index contributed by atoms with van der Waals surface area (Å²) in [6.07, 6.45) is 1.77. The van der Waals surface area contributed by atoms with E-state index in [-0.39, 0.29) is 0 Å². The number of benzene rings is 1. The molecule has 3 aromatic heterocycles. The van der Waals surface area contributed by atoms with Gasteiger partial charge in [-0.2, -0.15) is 0 Å². The van der Waals surface area contributed by atoms with Crippen molar-refractivity contribution in [2.45, 2.75) is 13.8 Å². The minimum Gasteiger partial charge on any atom is -0.255 e. The second kappa shape index (κ2) is 4.74. The van der Waals surface area contributed by atoms with Gasteiger partial charge in [0.2, 0.25) is 0 Å². The van der Waals surface area contributed by atoms with E-state index in [2.05, 4.69) is 20.2 Å². The monoisotopic (exact) mass is 309 g/mol. The van der Waals surface area contributed by atoms with Gasteiger partial charge in [-0.15, -0.1) is 10.2 Å². The number of hydrogen-bond acceptors (Lipinski definition) is 4. The van der Waals surface area contributed by atoms with Crippen molar-refractivity contribution in [3.8, 4) is 11.4 Å². The SMILES string of the molecule is Cc1ccnc2c1nc(C)c1nnc(-c3ccccc3Cl)n12. The molecule has 0 spiro atoms. The molecule has 0 radical (unpaired) electrons. The maximum atomic E-state index is 6.32. The van der Waals surface area contributed by atoms with Gasteiger partial charge in [0.25, 0.3) is 0 Å². The van der Waals surface area contributed by atoms with E-state index in [1.807, 2.05) is 48.6 Å². The third-order valence-corrected chi connectivity index (χ3v) is 4.03. The van der Waals surface area contributed by atoms with Crippen LogP contribution in [-0.4, -0.2) is 24.6 Å². The van der Waals surface area contributed by atoms with E-state index in [1.54, 1.807) is 6.20 Å². The maximum absolute atomic E-state index is 6.32. The van der Waals surface area contributed by atoms with Crippen molar-refractivity contribution in [2.24, 2.45) is 0 Å². The van der Waals surface area contributed by atoms with E-state index in [0.717, 1.165) is 28.0 Å². The van der Waals surface area contributed by atoms with Gasteiger partial charge < -0.3 is 0 Å². The van der Waals surface area contributed by atoms with E-state index < -0.39 is 0 Å². The molecular formula is C16H12ClN5. The first kappa shape index (κ1) is 13.2. The predicted molar refractivity (Wildman–Crippen MR) is 86.0 cm³/mol. The summed E-state index contributed by atoms with van der Waals surface area (Å²) in [4.78, 5) is 9.09. The Bertz CT molecular complexity index is 1020. The predicted octanol–water partition coefficient (Wildman–Crippen LogP) is 3.61. The molecule has 108 valence electrons. The first-order chi connectivity index (χ1) is 10.7. The van der Waals surface area contributed by atoms with Gasteiger partial charge in [-0.1, -0.05) is 23.7 Å². The smallest absolute Gasteiger partial charge is 0.184 e. The van der Waals surface area contributed by atoms with Crippen LogP contribution in [0.2, 0.25) is 5.02 Å². The Hall–Kier alpha value is -2.53. The zero-order valence-corrected chi connectivity index (χ0v) is 12.8. The molecule has 4 rings (SSSR count). The number of pyridine rings is 1. The quantitative estimate of drug-likeness (QED) is 0.539. The van der Waals surface area contributed by atoms with E-state index in [0.29, 0.717) is 16.5 Å². The molecule has 5 nitrogen and oxygen atoms in total. The normalized spacial score (nSPS) is 11.4. The van der Waals surface area contributed by atoms with Crippen LogP contribution in [0, 0.1) is 13.8 Å². The lowest BCUT2D eigenvalue weighted by atomic mass is 10.2. The number of hydrogen-bond donors (Lipinski definition) is 0. The minimum absolute atomic E-state index is 0.632. The number of fused-ring (bicyclic) bond motifs is 3. The molecule has 0 fully saturated rings. The molecule has 22 heavy (non-hydrogen) atoms. The van der Waals surface area contributed by atoms with Crippen LogP contribution in [-0.2, 0) is 0 Å². The second-order valence-electron chi connectivity index (χ2n) is 5.16. The van der Waals surface area contributed by atoms with Crippen molar-refractivity contribution >= 4 is 28.4 Å².